The number of hydrogen-bond acceptors (Lipinski definition) is 5. The van der Waals surface area contributed by atoms with Gasteiger partial charge in [-0.25, -0.2) is 9.37 Å². The molecule has 5 nitrogen and oxygen atoms in total. The monoisotopic (exact) mass is 377 g/mol. The van der Waals surface area contributed by atoms with E-state index in [1.54, 1.807) is 6.20 Å². The fourth-order valence-corrected chi connectivity index (χ4v) is 3.53. The van der Waals surface area contributed by atoms with Gasteiger partial charge in [-0.1, -0.05) is 18.2 Å². The molecular weight excluding hydrogens is 353 g/mol. The van der Waals surface area contributed by atoms with Crippen LogP contribution in [0.25, 0.3) is 0 Å². The van der Waals surface area contributed by atoms with Crippen molar-refractivity contribution in [3.05, 3.63) is 71.7 Å². The van der Waals surface area contributed by atoms with Crippen LogP contribution in [-0.2, 0) is 0 Å². The van der Waals surface area contributed by atoms with Crippen LogP contribution in [-0.4, -0.2) is 36.1 Å². The first kappa shape index (κ1) is 18.2. The van der Waals surface area contributed by atoms with Crippen molar-refractivity contribution in [3.63, 3.8) is 0 Å². The van der Waals surface area contributed by atoms with Gasteiger partial charge in [-0.15, -0.1) is 0 Å². The van der Waals surface area contributed by atoms with E-state index in [9.17, 15) is 4.39 Å². The highest BCUT2D eigenvalue weighted by Gasteiger charge is 2.19. The number of rotatable bonds is 4. The molecule has 1 N–H and O–H groups in total. The largest absolute Gasteiger partial charge is 0.368 e. The number of nitrogens with zero attached hydrogens (tertiary/aromatic N) is 4. The topological polar surface area (TPSA) is 44.3 Å². The first-order valence-electron chi connectivity index (χ1n) is 9.52. The summed E-state index contributed by atoms with van der Waals surface area (Å²) in [4.78, 5) is 13.6. The molecule has 6 heteroatoms. The summed E-state index contributed by atoms with van der Waals surface area (Å²) >= 11 is 0. The van der Waals surface area contributed by atoms with E-state index in [1.165, 1.54) is 23.3 Å². The zero-order chi connectivity index (χ0) is 19.5. The first-order chi connectivity index (χ1) is 13.6. The molecule has 0 amide bonds. The molecule has 0 spiro atoms. The minimum Gasteiger partial charge on any atom is -0.368 e. The maximum Gasteiger partial charge on any atom is 0.227 e. The first-order valence-corrected chi connectivity index (χ1v) is 9.52. The van der Waals surface area contributed by atoms with Gasteiger partial charge in [0.2, 0.25) is 5.95 Å². The molecule has 144 valence electrons. The number of para-hydroxylation sites is 1. The van der Waals surface area contributed by atoms with Gasteiger partial charge in [-0.05, 0) is 55.3 Å². The second kappa shape index (κ2) is 7.84. The van der Waals surface area contributed by atoms with E-state index in [2.05, 4.69) is 52.1 Å². The molecule has 0 unspecified atom stereocenters. The van der Waals surface area contributed by atoms with E-state index in [0.717, 1.165) is 49.3 Å². The number of aryl methyl sites for hydroxylation is 2. The third-order valence-electron chi connectivity index (χ3n) is 5.13. The fourth-order valence-electron chi connectivity index (χ4n) is 3.53. The molecule has 0 radical (unpaired) electrons. The summed E-state index contributed by atoms with van der Waals surface area (Å²) in [5, 5.41) is 3.44. The molecule has 0 saturated carbocycles. The van der Waals surface area contributed by atoms with E-state index in [1.807, 2.05) is 18.2 Å². The highest BCUT2D eigenvalue weighted by atomic mass is 19.1. The third-order valence-corrected chi connectivity index (χ3v) is 5.13. The van der Waals surface area contributed by atoms with Gasteiger partial charge in [0.05, 0.1) is 0 Å². The van der Waals surface area contributed by atoms with Crippen LogP contribution in [0.2, 0.25) is 0 Å². The standard InChI is InChI=1S/C22H24FN5/c1-16-4-3-5-17(2)21(16)25-20-10-11-24-22(26-20)28-14-12-27(13-15-28)19-8-6-18(23)7-9-19/h3-11H,12-15H2,1-2H3,(H,24,25,26). The van der Waals surface area contributed by atoms with Crippen molar-refractivity contribution in [1.82, 2.24) is 9.97 Å². The average Bonchev–Trinajstić information content (AvgIpc) is 2.72. The number of anilines is 4. The predicted octanol–water partition coefficient (Wildman–Crippen LogP) is 4.30. The zero-order valence-electron chi connectivity index (χ0n) is 16.2. The summed E-state index contributed by atoms with van der Waals surface area (Å²) in [6.07, 6.45) is 1.80. The third kappa shape index (κ3) is 3.91. The van der Waals surface area contributed by atoms with Crippen LogP contribution < -0.4 is 15.1 Å². The van der Waals surface area contributed by atoms with Crippen LogP contribution in [0.5, 0.6) is 0 Å². The minimum atomic E-state index is -0.205. The molecule has 4 rings (SSSR count). The van der Waals surface area contributed by atoms with Gasteiger partial charge in [0.1, 0.15) is 11.6 Å². The van der Waals surface area contributed by atoms with Crippen molar-refractivity contribution in [3.8, 4) is 0 Å². The smallest absolute Gasteiger partial charge is 0.227 e. The molecule has 3 aromatic rings. The van der Waals surface area contributed by atoms with Crippen molar-refractivity contribution >= 4 is 23.1 Å². The fraction of sp³-hybridized carbons (Fsp3) is 0.273. The summed E-state index contributed by atoms with van der Waals surface area (Å²) in [5.74, 6) is 1.32. The Bertz CT molecular complexity index is 929. The highest BCUT2D eigenvalue weighted by Crippen LogP contribution is 2.24. The van der Waals surface area contributed by atoms with Crippen molar-refractivity contribution < 1.29 is 4.39 Å². The Morgan fingerprint density at radius 2 is 1.50 bits per heavy atom. The highest BCUT2D eigenvalue weighted by molar-refractivity contribution is 5.64. The molecule has 28 heavy (non-hydrogen) atoms. The Morgan fingerprint density at radius 1 is 0.857 bits per heavy atom. The SMILES string of the molecule is Cc1cccc(C)c1Nc1ccnc(N2CCN(c3ccc(F)cc3)CC2)n1. The van der Waals surface area contributed by atoms with Gasteiger partial charge in [-0.2, -0.15) is 4.98 Å². The molecule has 1 fully saturated rings. The van der Waals surface area contributed by atoms with Crippen LogP contribution in [0.3, 0.4) is 0 Å². The van der Waals surface area contributed by atoms with E-state index >= 15 is 0 Å². The predicted molar refractivity (Wildman–Crippen MR) is 112 cm³/mol. The second-order valence-corrected chi connectivity index (χ2v) is 7.08. The Kier molecular flexibility index (Phi) is 5.10. The second-order valence-electron chi connectivity index (χ2n) is 7.08. The molecule has 2 heterocycles. The summed E-state index contributed by atoms with van der Waals surface area (Å²) in [7, 11) is 0. The average molecular weight is 377 g/mol. The minimum absolute atomic E-state index is 0.205. The van der Waals surface area contributed by atoms with Gasteiger partial charge in [0.15, 0.2) is 0 Å². The normalized spacial score (nSPS) is 14.2. The van der Waals surface area contributed by atoms with Crippen LogP contribution in [0.4, 0.5) is 27.5 Å². The molecule has 2 aromatic carbocycles. The van der Waals surface area contributed by atoms with Gasteiger partial charge in [0.25, 0.3) is 0 Å². The number of benzene rings is 2. The maximum atomic E-state index is 13.1. The lowest BCUT2D eigenvalue weighted by Gasteiger charge is -2.36. The molecule has 0 bridgehead atoms. The molecule has 1 aromatic heterocycles. The van der Waals surface area contributed by atoms with Crippen molar-refractivity contribution in [1.29, 1.82) is 0 Å². The van der Waals surface area contributed by atoms with Gasteiger partial charge >= 0.3 is 0 Å². The van der Waals surface area contributed by atoms with E-state index in [4.69, 9.17) is 4.98 Å². The maximum absolute atomic E-state index is 13.1. The molecule has 1 aliphatic rings. The van der Waals surface area contributed by atoms with Crippen LogP contribution in [0.15, 0.2) is 54.7 Å². The Morgan fingerprint density at radius 3 is 2.18 bits per heavy atom. The van der Waals surface area contributed by atoms with Gasteiger partial charge in [-0.3, -0.25) is 0 Å². The Balaban J connectivity index is 1.44. The van der Waals surface area contributed by atoms with E-state index in [-0.39, 0.29) is 5.82 Å². The molecule has 1 saturated heterocycles. The van der Waals surface area contributed by atoms with E-state index < -0.39 is 0 Å². The van der Waals surface area contributed by atoms with Gasteiger partial charge in [0, 0.05) is 43.8 Å². The molecule has 0 atom stereocenters. The van der Waals surface area contributed by atoms with Gasteiger partial charge < -0.3 is 15.1 Å². The lowest BCUT2D eigenvalue weighted by Crippen LogP contribution is -2.47. The number of aromatic nitrogens is 2. The molecule has 0 aliphatic carbocycles. The Labute approximate surface area is 164 Å². The number of nitrogens with one attached hydrogen (secondary N) is 1. The summed E-state index contributed by atoms with van der Waals surface area (Å²) in [5.41, 5.74) is 4.52. The van der Waals surface area contributed by atoms with Crippen molar-refractivity contribution in [2.45, 2.75) is 13.8 Å². The van der Waals surface area contributed by atoms with E-state index in [0.29, 0.717) is 0 Å². The van der Waals surface area contributed by atoms with Crippen LogP contribution >= 0.6 is 0 Å². The van der Waals surface area contributed by atoms with Crippen LogP contribution in [0.1, 0.15) is 11.1 Å². The zero-order valence-corrected chi connectivity index (χ0v) is 16.2. The summed E-state index contributed by atoms with van der Waals surface area (Å²) in [6, 6.07) is 14.8. The molecular formula is C22H24FN5. The number of piperazine rings is 1. The summed E-state index contributed by atoms with van der Waals surface area (Å²) < 4.78 is 13.1. The van der Waals surface area contributed by atoms with Crippen LogP contribution in [0, 0.1) is 19.7 Å². The van der Waals surface area contributed by atoms with Crippen molar-refractivity contribution in [2.75, 3.05) is 41.3 Å². The quantitative estimate of drug-likeness (QED) is 0.734. The summed E-state index contributed by atoms with van der Waals surface area (Å²) in [6.45, 7) is 7.53. The lowest BCUT2D eigenvalue weighted by atomic mass is 10.1. The number of hydrogen-bond donors (Lipinski definition) is 1. The molecule has 1 aliphatic heterocycles. The Hall–Kier alpha value is -3.15. The van der Waals surface area contributed by atoms with Crippen molar-refractivity contribution in [2.24, 2.45) is 0 Å². The lowest BCUT2D eigenvalue weighted by molar-refractivity contribution is 0.623. The number of halogens is 1.